The molecule has 5 heteroatoms. The van der Waals surface area contributed by atoms with Crippen molar-refractivity contribution in [3.63, 3.8) is 0 Å². The molecule has 0 radical (unpaired) electrons. The molecule has 0 aliphatic heterocycles. The van der Waals surface area contributed by atoms with Crippen LogP contribution in [0.25, 0.3) is 16.9 Å². The van der Waals surface area contributed by atoms with Crippen molar-refractivity contribution in [3.8, 4) is 16.9 Å². The largest absolute Gasteiger partial charge is 0.245 e. The summed E-state index contributed by atoms with van der Waals surface area (Å²) in [7, 11) is 0. The van der Waals surface area contributed by atoms with Crippen LogP contribution < -0.4 is 0 Å². The number of halogens is 1. The lowest BCUT2D eigenvalue weighted by molar-refractivity contribution is 0.839. The predicted molar refractivity (Wildman–Crippen MR) is 69.6 cm³/mol. The summed E-state index contributed by atoms with van der Waals surface area (Å²) < 4.78 is 1.71. The summed E-state index contributed by atoms with van der Waals surface area (Å²) in [6, 6.07) is 9.46. The van der Waals surface area contributed by atoms with Crippen molar-refractivity contribution >= 4 is 11.6 Å². The summed E-state index contributed by atoms with van der Waals surface area (Å²) >= 11 is 5.97. The van der Waals surface area contributed by atoms with Crippen LogP contribution in [0.2, 0.25) is 5.02 Å². The number of benzene rings is 1. The molecule has 1 aromatic carbocycles. The van der Waals surface area contributed by atoms with E-state index in [0.29, 0.717) is 5.02 Å². The Morgan fingerprint density at radius 1 is 1.11 bits per heavy atom. The summed E-state index contributed by atoms with van der Waals surface area (Å²) in [6.07, 6.45) is 6.88. The molecule has 0 aliphatic carbocycles. The van der Waals surface area contributed by atoms with Gasteiger partial charge < -0.3 is 0 Å². The van der Waals surface area contributed by atoms with E-state index < -0.39 is 0 Å². The van der Waals surface area contributed by atoms with Gasteiger partial charge in [-0.3, -0.25) is 0 Å². The Balaban J connectivity index is 2.00. The molecular formula is C13H9ClN4. The van der Waals surface area contributed by atoms with E-state index in [4.69, 9.17) is 11.6 Å². The van der Waals surface area contributed by atoms with Crippen molar-refractivity contribution in [1.29, 1.82) is 0 Å². The number of rotatable bonds is 2. The molecule has 2 aromatic heterocycles. The molecule has 0 unspecified atom stereocenters. The van der Waals surface area contributed by atoms with Crippen LogP contribution in [0.15, 0.2) is 55.2 Å². The summed E-state index contributed by atoms with van der Waals surface area (Å²) in [5.74, 6) is 0.735. The maximum atomic E-state index is 5.97. The molecule has 3 aromatic rings. The predicted octanol–water partition coefficient (Wildman–Crippen LogP) is 2.98. The van der Waals surface area contributed by atoms with Crippen molar-refractivity contribution in [3.05, 3.63) is 60.3 Å². The fraction of sp³-hybridized carbons (Fsp3) is 0. The van der Waals surface area contributed by atoms with E-state index in [1.165, 1.54) is 6.33 Å². The lowest BCUT2D eigenvalue weighted by Gasteiger charge is -1.98. The maximum Gasteiger partial charge on any atom is 0.156 e. The van der Waals surface area contributed by atoms with Gasteiger partial charge >= 0.3 is 0 Å². The van der Waals surface area contributed by atoms with Gasteiger partial charge in [0.1, 0.15) is 6.33 Å². The first-order valence-electron chi connectivity index (χ1n) is 5.40. The average Bonchev–Trinajstić information content (AvgIpc) is 2.89. The molecule has 0 saturated heterocycles. The van der Waals surface area contributed by atoms with Crippen LogP contribution in [0.4, 0.5) is 0 Å². The Kier molecular flexibility index (Phi) is 2.78. The zero-order valence-corrected chi connectivity index (χ0v) is 10.1. The third-order valence-corrected chi connectivity index (χ3v) is 2.78. The third-order valence-electron chi connectivity index (χ3n) is 2.54. The Hall–Kier alpha value is -2.20. The van der Waals surface area contributed by atoms with E-state index in [-0.39, 0.29) is 0 Å². The van der Waals surface area contributed by atoms with E-state index in [2.05, 4.69) is 15.1 Å². The lowest BCUT2D eigenvalue weighted by Crippen LogP contribution is -1.96. The molecular weight excluding hydrogens is 248 g/mol. The van der Waals surface area contributed by atoms with Crippen molar-refractivity contribution in [2.45, 2.75) is 0 Å². The van der Waals surface area contributed by atoms with Crippen molar-refractivity contribution in [2.24, 2.45) is 0 Å². The number of hydrogen-bond acceptors (Lipinski definition) is 3. The molecule has 0 atom stereocenters. The van der Waals surface area contributed by atoms with Crippen LogP contribution in [-0.2, 0) is 0 Å². The summed E-state index contributed by atoms with van der Waals surface area (Å²) in [4.78, 5) is 8.01. The van der Waals surface area contributed by atoms with Gasteiger partial charge in [-0.15, -0.1) is 0 Å². The molecule has 2 heterocycles. The highest BCUT2D eigenvalue weighted by molar-refractivity contribution is 6.30. The Bertz CT molecular complexity index is 664. The van der Waals surface area contributed by atoms with E-state index >= 15 is 0 Å². The van der Waals surface area contributed by atoms with Gasteiger partial charge in [-0.05, 0) is 17.7 Å². The molecule has 0 bridgehead atoms. The van der Waals surface area contributed by atoms with Crippen LogP contribution in [0.3, 0.4) is 0 Å². The minimum atomic E-state index is 0.710. The number of hydrogen-bond donors (Lipinski definition) is 0. The monoisotopic (exact) mass is 256 g/mol. The molecule has 0 fully saturated rings. The van der Waals surface area contributed by atoms with Crippen molar-refractivity contribution in [1.82, 2.24) is 19.7 Å². The minimum Gasteiger partial charge on any atom is -0.245 e. The molecule has 0 spiro atoms. The van der Waals surface area contributed by atoms with E-state index in [1.54, 1.807) is 23.1 Å². The third kappa shape index (κ3) is 2.10. The van der Waals surface area contributed by atoms with Gasteiger partial charge in [-0.25, -0.2) is 14.6 Å². The molecule has 18 heavy (non-hydrogen) atoms. The van der Waals surface area contributed by atoms with Crippen LogP contribution in [0.5, 0.6) is 0 Å². The van der Waals surface area contributed by atoms with Crippen LogP contribution >= 0.6 is 11.6 Å². The molecule has 0 N–H and O–H groups in total. The van der Waals surface area contributed by atoms with Gasteiger partial charge in [0.15, 0.2) is 5.82 Å². The van der Waals surface area contributed by atoms with E-state index in [9.17, 15) is 0 Å². The summed E-state index contributed by atoms with van der Waals surface area (Å²) in [6.45, 7) is 0. The Morgan fingerprint density at radius 2 is 2.06 bits per heavy atom. The zero-order valence-electron chi connectivity index (χ0n) is 9.36. The fourth-order valence-corrected chi connectivity index (χ4v) is 1.87. The lowest BCUT2D eigenvalue weighted by atomic mass is 10.1. The summed E-state index contributed by atoms with van der Waals surface area (Å²) in [5, 5.41) is 4.99. The van der Waals surface area contributed by atoms with Gasteiger partial charge in [0.2, 0.25) is 0 Å². The minimum absolute atomic E-state index is 0.710. The van der Waals surface area contributed by atoms with Gasteiger partial charge in [0.05, 0.1) is 6.20 Å². The van der Waals surface area contributed by atoms with E-state index in [1.807, 2.05) is 30.5 Å². The van der Waals surface area contributed by atoms with E-state index in [0.717, 1.165) is 16.9 Å². The highest BCUT2D eigenvalue weighted by Gasteiger charge is 2.04. The van der Waals surface area contributed by atoms with Gasteiger partial charge in [0, 0.05) is 29.0 Å². The normalized spacial score (nSPS) is 10.5. The number of nitrogens with zero attached hydrogens (tertiary/aromatic N) is 4. The highest BCUT2D eigenvalue weighted by Crippen LogP contribution is 2.22. The first-order chi connectivity index (χ1) is 8.83. The van der Waals surface area contributed by atoms with Crippen LogP contribution in [0, 0.1) is 0 Å². The molecule has 0 aliphatic rings. The molecule has 3 rings (SSSR count). The summed E-state index contributed by atoms with van der Waals surface area (Å²) in [5.41, 5.74) is 2.03. The topological polar surface area (TPSA) is 43.6 Å². The Morgan fingerprint density at radius 3 is 2.83 bits per heavy atom. The first-order valence-corrected chi connectivity index (χ1v) is 5.78. The van der Waals surface area contributed by atoms with Crippen molar-refractivity contribution < 1.29 is 0 Å². The standard InChI is InChI=1S/C13H9ClN4/c14-12-3-1-2-10(6-12)11-7-17-18(8-11)13-4-5-15-9-16-13/h1-9H. The van der Waals surface area contributed by atoms with Crippen molar-refractivity contribution in [2.75, 3.05) is 0 Å². The molecule has 4 nitrogen and oxygen atoms in total. The number of aromatic nitrogens is 4. The first kappa shape index (κ1) is 10.9. The second-order valence-corrected chi connectivity index (χ2v) is 4.19. The average molecular weight is 257 g/mol. The molecule has 0 saturated carbocycles. The van der Waals surface area contributed by atoms with Gasteiger partial charge in [-0.2, -0.15) is 5.10 Å². The zero-order chi connectivity index (χ0) is 12.4. The molecule has 88 valence electrons. The fourth-order valence-electron chi connectivity index (χ4n) is 1.68. The maximum absolute atomic E-state index is 5.97. The molecule has 0 amide bonds. The highest BCUT2D eigenvalue weighted by atomic mass is 35.5. The van der Waals surface area contributed by atoms with Crippen LogP contribution in [0.1, 0.15) is 0 Å². The second-order valence-electron chi connectivity index (χ2n) is 3.75. The smallest absolute Gasteiger partial charge is 0.156 e. The quantitative estimate of drug-likeness (QED) is 0.708. The second kappa shape index (κ2) is 4.58. The van der Waals surface area contributed by atoms with Crippen LogP contribution in [-0.4, -0.2) is 19.7 Å². The Labute approximate surface area is 109 Å². The van der Waals surface area contributed by atoms with Gasteiger partial charge in [0.25, 0.3) is 0 Å². The van der Waals surface area contributed by atoms with Gasteiger partial charge in [-0.1, -0.05) is 23.7 Å². The SMILES string of the molecule is Clc1cccc(-c2cnn(-c3ccncn3)c2)c1.